The van der Waals surface area contributed by atoms with E-state index >= 15 is 0 Å². The van der Waals surface area contributed by atoms with Gasteiger partial charge in [-0.05, 0) is 37.7 Å². The first-order valence-corrected chi connectivity index (χ1v) is 10.6. The molecule has 1 N–H and O–H groups in total. The van der Waals surface area contributed by atoms with Crippen molar-refractivity contribution in [3.63, 3.8) is 0 Å². The van der Waals surface area contributed by atoms with Crippen molar-refractivity contribution in [1.29, 1.82) is 0 Å². The lowest BCUT2D eigenvalue weighted by Gasteiger charge is -2.16. The first-order chi connectivity index (χ1) is 13.3. The van der Waals surface area contributed by atoms with Crippen molar-refractivity contribution >= 4 is 27.3 Å². The van der Waals surface area contributed by atoms with Gasteiger partial charge >= 0.3 is 0 Å². The Morgan fingerprint density at radius 3 is 2.46 bits per heavy atom. The van der Waals surface area contributed by atoms with Gasteiger partial charge in [-0.2, -0.15) is 0 Å². The summed E-state index contributed by atoms with van der Waals surface area (Å²) in [7, 11) is 1.13. The van der Waals surface area contributed by atoms with Crippen LogP contribution >= 0.6 is 11.6 Å². The molecule has 1 fully saturated rings. The minimum absolute atomic E-state index is 0.0280. The van der Waals surface area contributed by atoms with Gasteiger partial charge in [0.25, 0.3) is 10.0 Å². The quantitative estimate of drug-likeness (QED) is 0.732. The summed E-state index contributed by atoms with van der Waals surface area (Å²) in [6, 6.07) is 9.20. The molecule has 0 aromatic heterocycles. The maximum absolute atomic E-state index is 12.8. The van der Waals surface area contributed by atoms with Crippen LogP contribution in [0.3, 0.4) is 0 Å². The molecule has 0 radical (unpaired) electrons. The summed E-state index contributed by atoms with van der Waals surface area (Å²) < 4.78 is 44.4. The molecule has 152 valence electrons. The number of hydrogen-bond acceptors (Lipinski definition) is 6. The van der Waals surface area contributed by atoms with Crippen LogP contribution in [0.2, 0.25) is 5.02 Å². The largest absolute Gasteiger partial charge is 0.493 e. The van der Waals surface area contributed by atoms with Crippen LogP contribution in [-0.2, 0) is 10.0 Å². The Morgan fingerprint density at radius 2 is 1.82 bits per heavy atom. The number of likely N-dealkylation sites (tertiary alicyclic amines) is 1. The number of nitrogens with one attached hydrogen (secondary N) is 1. The second-order valence-corrected chi connectivity index (χ2v) is 8.65. The molecule has 1 aliphatic rings. The van der Waals surface area contributed by atoms with Crippen LogP contribution < -0.4 is 18.9 Å². The van der Waals surface area contributed by atoms with E-state index < -0.39 is 10.0 Å². The van der Waals surface area contributed by atoms with Gasteiger partial charge in [0, 0.05) is 25.2 Å². The van der Waals surface area contributed by atoms with Crippen LogP contribution in [0.1, 0.15) is 6.42 Å². The molecule has 1 saturated heterocycles. The molecule has 2 aromatic carbocycles. The van der Waals surface area contributed by atoms with Gasteiger partial charge in [0.05, 0.1) is 29.8 Å². The molecular weight excluding hydrogens is 404 g/mol. The van der Waals surface area contributed by atoms with Crippen LogP contribution in [0.25, 0.3) is 0 Å². The normalized spacial score (nSPS) is 17.4. The Balaban J connectivity index is 1.81. The highest BCUT2D eigenvalue weighted by molar-refractivity contribution is 7.92. The van der Waals surface area contributed by atoms with Crippen molar-refractivity contribution in [1.82, 2.24) is 4.90 Å². The molecule has 0 bridgehead atoms. The van der Waals surface area contributed by atoms with E-state index in [2.05, 4.69) is 9.62 Å². The highest BCUT2D eigenvalue weighted by Crippen LogP contribution is 2.33. The van der Waals surface area contributed by atoms with E-state index in [1.807, 2.05) is 7.05 Å². The highest BCUT2D eigenvalue weighted by Gasteiger charge is 2.23. The second-order valence-electron chi connectivity index (χ2n) is 6.56. The summed E-state index contributed by atoms with van der Waals surface area (Å²) in [5.74, 6) is 1.23. The lowest BCUT2D eigenvalue weighted by atomic mass is 10.3. The fourth-order valence-electron chi connectivity index (χ4n) is 3.03. The zero-order valence-corrected chi connectivity index (χ0v) is 17.5. The van der Waals surface area contributed by atoms with Crippen molar-refractivity contribution in [2.75, 3.05) is 39.1 Å². The van der Waals surface area contributed by atoms with Crippen molar-refractivity contribution in [2.24, 2.45) is 0 Å². The lowest BCUT2D eigenvalue weighted by Crippen LogP contribution is -2.21. The van der Waals surface area contributed by atoms with Gasteiger partial charge in [0.1, 0.15) is 11.9 Å². The molecule has 7 nitrogen and oxygen atoms in total. The fraction of sp³-hybridized carbons (Fsp3) is 0.368. The molecule has 1 heterocycles. The van der Waals surface area contributed by atoms with E-state index in [9.17, 15) is 8.42 Å². The first-order valence-electron chi connectivity index (χ1n) is 8.72. The van der Waals surface area contributed by atoms with Gasteiger partial charge in [-0.3, -0.25) is 4.72 Å². The van der Waals surface area contributed by atoms with Crippen LogP contribution in [0.15, 0.2) is 41.3 Å². The van der Waals surface area contributed by atoms with E-state index in [-0.39, 0.29) is 11.0 Å². The van der Waals surface area contributed by atoms with Gasteiger partial charge in [-0.15, -0.1) is 0 Å². The molecule has 28 heavy (non-hydrogen) atoms. The second kappa shape index (κ2) is 8.46. The Kier molecular flexibility index (Phi) is 6.22. The lowest BCUT2D eigenvalue weighted by molar-refractivity contribution is 0.208. The van der Waals surface area contributed by atoms with Gasteiger partial charge in [0.2, 0.25) is 0 Å². The third-order valence-electron chi connectivity index (χ3n) is 4.49. The minimum Gasteiger partial charge on any atom is -0.493 e. The summed E-state index contributed by atoms with van der Waals surface area (Å²) >= 11 is 6.23. The molecule has 0 amide bonds. The summed E-state index contributed by atoms with van der Waals surface area (Å²) in [5, 5.41) is 0.434. The van der Waals surface area contributed by atoms with Crippen molar-refractivity contribution in [3.05, 3.63) is 41.4 Å². The Labute approximate surface area is 170 Å². The Morgan fingerprint density at radius 1 is 1.07 bits per heavy atom. The summed E-state index contributed by atoms with van der Waals surface area (Å²) in [6.45, 7) is 1.76. The number of anilines is 1. The van der Waals surface area contributed by atoms with E-state index in [1.165, 1.54) is 26.4 Å². The SMILES string of the molecule is COc1ccc(S(=O)(=O)Nc2ccc(Cl)c(O[C@H]3CCN(C)C3)c2)cc1OC. The van der Waals surface area contributed by atoms with Crippen LogP contribution in [0.5, 0.6) is 17.2 Å². The molecular formula is C19H23ClN2O5S. The average molecular weight is 427 g/mol. The number of methoxy groups -OCH3 is 2. The molecule has 1 atom stereocenters. The van der Waals surface area contributed by atoms with Gasteiger partial charge in [-0.25, -0.2) is 8.42 Å². The van der Waals surface area contributed by atoms with Crippen LogP contribution in [0, 0.1) is 0 Å². The maximum Gasteiger partial charge on any atom is 0.262 e. The predicted molar refractivity (Wildman–Crippen MR) is 108 cm³/mol. The van der Waals surface area contributed by atoms with E-state index in [1.54, 1.807) is 24.3 Å². The van der Waals surface area contributed by atoms with Crippen LogP contribution in [0.4, 0.5) is 5.69 Å². The number of rotatable bonds is 7. The number of likely N-dealkylation sites (N-methyl/N-ethyl adjacent to an activating group) is 1. The fourth-order valence-corrected chi connectivity index (χ4v) is 4.25. The number of ether oxygens (including phenoxy) is 3. The molecule has 0 saturated carbocycles. The zero-order chi connectivity index (χ0) is 20.3. The monoisotopic (exact) mass is 426 g/mol. The van der Waals surface area contributed by atoms with Crippen molar-refractivity contribution < 1.29 is 22.6 Å². The third kappa shape index (κ3) is 4.63. The molecule has 9 heteroatoms. The Hall–Kier alpha value is -2.16. The smallest absolute Gasteiger partial charge is 0.262 e. The molecule has 3 rings (SSSR count). The molecule has 0 spiro atoms. The van der Waals surface area contributed by atoms with Gasteiger partial charge in [-0.1, -0.05) is 11.6 Å². The third-order valence-corrected chi connectivity index (χ3v) is 6.18. The molecule has 0 aliphatic carbocycles. The Bertz CT molecular complexity index is 951. The van der Waals surface area contributed by atoms with Crippen molar-refractivity contribution in [2.45, 2.75) is 17.4 Å². The first kappa shape index (κ1) is 20.6. The number of nitrogens with zero attached hydrogens (tertiary/aromatic N) is 1. The topological polar surface area (TPSA) is 77.1 Å². The molecule has 1 aliphatic heterocycles. The van der Waals surface area contributed by atoms with Crippen molar-refractivity contribution in [3.8, 4) is 17.2 Å². The predicted octanol–water partition coefficient (Wildman–Crippen LogP) is 3.24. The number of benzene rings is 2. The van der Waals surface area contributed by atoms with Gasteiger partial charge < -0.3 is 19.1 Å². The zero-order valence-electron chi connectivity index (χ0n) is 15.9. The number of hydrogen-bond donors (Lipinski definition) is 1. The summed E-state index contributed by atoms with van der Waals surface area (Å²) in [6.07, 6.45) is 0.925. The number of sulfonamides is 1. The standard InChI is InChI=1S/C19H23ClN2O5S/c1-22-9-8-14(12-22)27-18-10-13(4-6-16(18)20)21-28(23,24)15-5-7-17(25-2)19(11-15)26-3/h4-7,10-11,14,21H,8-9,12H2,1-3H3/t14-/m0/s1. The van der Waals surface area contributed by atoms with Crippen LogP contribution in [-0.4, -0.2) is 53.8 Å². The van der Waals surface area contributed by atoms with Gasteiger partial charge in [0.15, 0.2) is 11.5 Å². The van der Waals surface area contributed by atoms with E-state index in [0.717, 1.165) is 19.5 Å². The van der Waals surface area contributed by atoms with E-state index in [4.69, 9.17) is 25.8 Å². The average Bonchev–Trinajstić information content (AvgIpc) is 3.08. The molecule has 0 unspecified atom stereocenters. The minimum atomic E-state index is -3.83. The summed E-state index contributed by atoms with van der Waals surface area (Å²) in [5.41, 5.74) is 0.362. The maximum atomic E-state index is 12.8. The number of halogens is 1. The highest BCUT2D eigenvalue weighted by atomic mass is 35.5. The molecule has 2 aromatic rings. The summed E-state index contributed by atoms with van der Waals surface area (Å²) in [4.78, 5) is 2.22. The van der Waals surface area contributed by atoms with E-state index in [0.29, 0.717) is 28.0 Å².